The monoisotopic (exact) mass is 278 g/mol. The predicted octanol–water partition coefficient (Wildman–Crippen LogP) is 1.30. The van der Waals surface area contributed by atoms with E-state index in [2.05, 4.69) is 0 Å². The van der Waals surface area contributed by atoms with Gasteiger partial charge in [0.15, 0.2) is 0 Å². The molecule has 0 bridgehead atoms. The fourth-order valence-electron chi connectivity index (χ4n) is 0.820. The number of rotatable bonds is 2. The van der Waals surface area contributed by atoms with E-state index >= 15 is 0 Å². The largest absolute Gasteiger partial charge is 0.490 e. The first-order valence-corrected chi connectivity index (χ1v) is 4.53. The number of benzene rings is 1. The number of amidine groups is 1. The summed E-state index contributed by atoms with van der Waals surface area (Å²) in [6, 6.07) is 5.97. The average molecular weight is 278 g/mol. The molecule has 0 saturated heterocycles. The molecule has 9 heteroatoms. The van der Waals surface area contributed by atoms with Gasteiger partial charge in [0, 0.05) is 5.56 Å². The molecule has 1 aromatic rings. The maximum Gasteiger partial charge on any atom is 0.490 e. The van der Waals surface area contributed by atoms with Crippen LogP contribution in [0.2, 0.25) is 0 Å². The van der Waals surface area contributed by atoms with Gasteiger partial charge in [-0.25, -0.2) is 9.59 Å². The average Bonchev–Trinajstić information content (AvgIpc) is 2.28. The Morgan fingerprint density at radius 2 is 1.58 bits per heavy atom. The zero-order chi connectivity index (χ0) is 15.2. The van der Waals surface area contributed by atoms with Gasteiger partial charge in [0.1, 0.15) is 5.84 Å². The Labute approximate surface area is 104 Å². The van der Waals surface area contributed by atoms with Crippen LogP contribution in [0.15, 0.2) is 24.3 Å². The molecule has 0 aromatic heterocycles. The fraction of sp³-hybridized carbons (Fsp3) is 0.100. The third-order valence-corrected chi connectivity index (χ3v) is 1.66. The second kappa shape index (κ2) is 6.38. The molecule has 1 rings (SSSR count). The first-order chi connectivity index (χ1) is 8.55. The molecule has 1 aromatic carbocycles. The van der Waals surface area contributed by atoms with Crippen molar-refractivity contribution >= 4 is 17.8 Å². The summed E-state index contributed by atoms with van der Waals surface area (Å²) >= 11 is 0. The van der Waals surface area contributed by atoms with Crippen LogP contribution in [0.3, 0.4) is 0 Å². The number of carboxylic acid groups (broad SMARTS) is 2. The lowest BCUT2D eigenvalue weighted by molar-refractivity contribution is -0.192. The number of nitrogens with one attached hydrogen (secondary N) is 1. The number of carbonyl (C=O) groups is 2. The van der Waals surface area contributed by atoms with Crippen molar-refractivity contribution in [1.82, 2.24) is 0 Å². The number of halogens is 3. The van der Waals surface area contributed by atoms with Gasteiger partial charge in [0.25, 0.3) is 0 Å². The Morgan fingerprint density at radius 1 is 1.16 bits per heavy atom. The van der Waals surface area contributed by atoms with Gasteiger partial charge in [-0.2, -0.15) is 13.2 Å². The van der Waals surface area contributed by atoms with Gasteiger partial charge in [-0.15, -0.1) is 0 Å². The van der Waals surface area contributed by atoms with E-state index in [9.17, 15) is 18.0 Å². The van der Waals surface area contributed by atoms with Crippen LogP contribution in [0.25, 0.3) is 0 Å². The van der Waals surface area contributed by atoms with Crippen molar-refractivity contribution < 1.29 is 33.0 Å². The number of aromatic carboxylic acids is 1. The van der Waals surface area contributed by atoms with Crippen LogP contribution < -0.4 is 5.73 Å². The highest BCUT2D eigenvalue weighted by Crippen LogP contribution is 2.13. The van der Waals surface area contributed by atoms with Crippen LogP contribution >= 0.6 is 0 Å². The molecule has 0 aliphatic rings. The SMILES string of the molecule is N=C(N)c1cccc(C(=O)O)c1.O=C(O)C(F)(F)F. The molecule has 0 heterocycles. The predicted molar refractivity (Wildman–Crippen MR) is 58.1 cm³/mol. The van der Waals surface area contributed by atoms with Crippen LogP contribution in [-0.4, -0.2) is 34.2 Å². The van der Waals surface area contributed by atoms with E-state index in [1.54, 1.807) is 12.1 Å². The van der Waals surface area contributed by atoms with Crippen LogP contribution in [0.4, 0.5) is 13.2 Å². The Bertz CT molecular complexity index is 471. The zero-order valence-electron chi connectivity index (χ0n) is 9.23. The van der Waals surface area contributed by atoms with Gasteiger partial charge in [-0.05, 0) is 12.1 Å². The molecule has 0 atom stereocenters. The van der Waals surface area contributed by atoms with Gasteiger partial charge in [0.2, 0.25) is 0 Å². The summed E-state index contributed by atoms with van der Waals surface area (Å²) in [5, 5.41) is 22.8. The quantitative estimate of drug-likeness (QED) is 0.479. The Kier molecular flexibility index (Phi) is 5.51. The summed E-state index contributed by atoms with van der Waals surface area (Å²) < 4.78 is 31.7. The van der Waals surface area contributed by atoms with Crippen LogP contribution in [0.5, 0.6) is 0 Å². The van der Waals surface area contributed by atoms with Gasteiger partial charge in [-0.1, -0.05) is 12.1 Å². The summed E-state index contributed by atoms with van der Waals surface area (Å²) in [5.41, 5.74) is 5.74. The molecule has 6 nitrogen and oxygen atoms in total. The van der Waals surface area contributed by atoms with E-state index in [0.29, 0.717) is 5.56 Å². The highest BCUT2D eigenvalue weighted by molar-refractivity contribution is 5.97. The van der Waals surface area contributed by atoms with Crippen LogP contribution in [0.1, 0.15) is 15.9 Å². The number of hydrogen-bond donors (Lipinski definition) is 4. The van der Waals surface area contributed by atoms with Gasteiger partial charge in [0.05, 0.1) is 5.56 Å². The van der Waals surface area contributed by atoms with Gasteiger partial charge >= 0.3 is 18.1 Å². The third-order valence-electron chi connectivity index (χ3n) is 1.66. The lowest BCUT2D eigenvalue weighted by atomic mass is 10.1. The standard InChI is InChI=1S/C8H8N2O2.C2HF3O2/c9-7(10)5-2-1-3-6(4-5)8(11)12;3-2(4,5)1(6)7/h1-4H,(H3,9,10)(H,11,12);(H,6,7). The first kappa shape index (κ1) is 16.4. The van der Waals surface area contributed by atoms with Crippen molar-refractivity contribution in [3.8, 4) is 0 Å². The fourth-order valence-corrected chi connectivity index (χ4v) is 0.820. The summed E-state index contributed by atoms with van der Waals surface area (Å²) in [7, 11) is 0. The molecule has 19 heavy (non-hydrogen) atoms. The van der Waals surface area contributed by atoms with E-state index in [1.807, 2.05) is 0 Å². The molecule has 0 aliphatic heterocycles. The number of nitrogens with two attached hydrogens (primary N) is 1. The van der Waals surface area contributed by atoms with E-state index in [4.69, 9.17) is 26.2 Å². The number of nitrogen functional groups attached to an aromatic ring is 1. The molecular formula is C10H9F3N2O4. The van der Waals surface area contributed by atoms with Crippen LogP contribution in [0, 0.1) is 5.41 Å². The Balaban J connectivity index is 0.000000399. The normalized spacial score (nSPS) is 10.1. The lowest BCUT2D eigenvalue weighted by Gasteiger charge is -1.98. The third kappa shape index (κ3) is 6.05. The molecule has 0 amide bonds. The second-order valence-corrected chi connectivity index (χ2v) is 3.10. The van der Waals surface area contributed by atoms with Crippen molar-refractivity contribution in [3.05, 3.63) is 35.4 Å². The summed E-state index contributed by atoms with van der Waals surface area (Å²) in [6.45, 7) is 0. The maximum atomic E-state index is 10.6. The zero-order valence-corrected chi connectivity index (χ0v) is 9.23. The molecule has 0 spiro atoms. The minimum absolute atomic E-state index is 0.127. The highest BCUT2D eigenvalue weighted by Gasteiger charge is 2.38. The molecule has 0 radical (unpaired) electrons. The van der Waals surface area contributed by atoms with Gasteiger partial charge < -0.3 is 15.9 Å². The number of hydrogen-bond acceptors (Lipinski definition) is 3. The number of carboxylic acids is 2. The number of aliphatic carboxylic acids is 1. The van der Waals surface area contributed by atoms with Gasteiger partial charge in [-0.3, -0.25) is 5.41 Å². The highest BCUT2D eigenvalue weighted by atomic mass is 19.4. The topological polar surface area (TPSA) is 124 Å². The van der Waals surface area contributed by atoms with Crippen molar-refractivity contribution in [2.24, 2.45) is 5.73 Å². The number of alkyl halides is 3. The van der Waals surface area contributed by atoms with Crippen molar-refractivity contribution in [2.75, 3.05) is 0 Å². The van der Waals surface area contributed by atoms with Crippen molar-refractivity contribution in [2.45, 2.75) is 6.18 Å². The lowest BCUT2D eigenvalue weighted by Crippen LogP contribution is -2.21. The van der Waals surface area contributed by atoms with E-state index < -0.39 is 18.1 Å². The van der Waals surface area contributed by atoms with E-state index in [0.717, 1.165) is 0 Å². The Hall–Kier alpha value is -2.58. The maximum absolute atomic E-state index is 10.6. The van der Waals surface area contributed by atoms with Crippen molar-refractivity contribution in [1.29, 1.82) is 5.41 Å². The van der Waals surface area contributed by atoms with Crippen LogP contribution in [-0.2, 0) is 4.79 Å². The molecule has 104 valence electrons. The van der Waals surface area contributed by atoms with E-state index in [-0.39, 0.29) is 11.4 Å². The molecular weight excluding hydrogens is 269 g/mol. The molecule has 5 N–H and O–H groups in total. The minimum atomic E-state index is -5.08. The summed E-state index contributed by atoms with van der Waals surface area (Å²) in [6.07, 6.45) is -5.08. The van der Waals surface area contributed by atoms with Crippen molar-refractivity contribution in [3.63, 3.8) is 0 Å². The smallest absolute Gasteiger partial charge is 0.478 e. The molecule has 0 saturated carbocycles. The molecule has 0 unspecified atom stereocenters. The molecule has 0 aliphatic carbocycles. The Morgan fingerprint density at radius 3 is 1.89 bits per heavy atom. The first-order valence-electron chi connectivity index (χ1n) is 4.53. The second-order valence-electron chi connectivity index (χ2n) is 3.10. The van der Waals surface area contributed by atoms with E-state index in [1.165, 1.54) is 12.1 Å². The molecule has 0 fully saturated rings. The summed E-state index contributed by atoms with van der Waals surface area (Å²) in [4.78, 5) is 19.4. The minimum Gasteiger partial charge on any atom is -0.478 e. The summed E-state index contributed by atoms with van der Waals surface area (Å²) in [5.74, 6) is -3.90.